The molecule has 0 aromatic heterocycles. The van der Waals surface area contributed by atoms with Crippen LogP contribution in [0.1, 0.15) is 38.2 Å². The van der Waals surface area contributed by atoms with Crippen LogP contribution in [0.3, 0.4) is 0 Å². The summed E-state index contributed by atoms with van der Waals surface area (Å²) in [6.07, 6.45) is 3.90. The van der Waals surface area contributed by atoms with Gasteiger partial charge in [0, 0.05) is 12.1 Å². The van der Waals surface area contributed by atoms with Crippen molar-refractivity contribution in [3.8, 4) is 17.2 Å². The smallest absolute Gasteiger partial charge is 0.265 e. The molecule has 2 aromatic carbocycles. The Hall–Kier alpha value is -2.69. The number of nitrogens with one attached hydrogen (secondary N) is 1. The number of carbonyl (C=O) groups excluding carboxylic acids is 1. The Morgan fingerprint density at radius 2 is 1.70 bits per heavy atom. The Morgan fingerprint density at radius 3 is 2.48 bits per heavy atom. The Bertz CT molecular complexity index is 800. The van der Waals surface area contributed by atoms with Crippen molar-refractivity contribution in [2.24, 2.45) is 0 Å². The lowest BCUT2D eigenvalue weighted by molar-refractivity contribution is -0.133. The zero-order valence-corrected chi connectivity index (χ0v) is 15.5. The molecule has 2 aromatic rings. The molecule has 5 heteroatoms. The molecule has 0 bridgehead atoms. The third-order valence-corrected chi connectivity index (χ3v) is 5.12. The molecule has 1 fully saturated rings. The van der Waals surface area contributed by atoms with Gasteiger partial charge in [-0.05, 0) is 50.8 Å². The molecule has 2 aliphatic rings. The highest BCUT2D eigenvalue weighted by Gasteiger charge is 2.34. The minimum Gasteiger partial charge on any atom is -0.490 e. The Morgan fingerprint density at radius 1 is 1.04 bits per heavy atom. The van der Waals surface area contributed by atoms with Crippen molar-refractivity contribution in [1.82, 2.24) is 5.32 Å². The van der Waals surface area contributed by atoms with Gasteiger partial charge >= 0.3 is 0 Å². The summed E-state index contributed by atoms with van der Waals surface area (Å²) in [6.45, 7) is 2.24. The van der Waals surface area contributed by atoms with Gasteiger partial charge in [-0.3, -0.25) is 4.79 Å². The molecule has 4 rings (SSSR count). The van der Waals surface area contributed by atoms with Crippen LogP contribution in [-0.4, -0.2) is 24.2 Å². The summed E-state index contributed by atoms with van der Waals surface area (Å²) in [4.78, 5) is 12.7. The zero-order valence-electron chi connectivity index (χ0n) is 15.5. The molecule has 2 atom stereocenters. The normalized spacial score (nSPS) is 21.7. The van der Waals surface area contributed by atoms with Crippen molar-refractivity contribution in [3.05, 3.63) is 54.1 Å². The fraction of sp³-hybridized carbons (Fsp3) is 0.409. The van der Waals surface area contributed by atoms with Crippen LogP contribution in [0.2, 0.25) is 0 Å². The second-order valence-corrected chi connectivity index (χ2v) is 7.16. The van der Waals surface area contributed by atoms with E-state index in [1.54, 1.807) is 0 Å². The Balaban J connectivity index is 1.39. The minimum atomic E-state index is -0.678. The van der Waals surface area contributed by atoms with Crippen LogP contribution in [0.5, 0.6) is 17.2 Å². The standard InChI is InChI=1S/C22H25NO4/c1-15-21(27-20-13-7-6-12-19(20)25-15)22(24)23-14-16-8-2-5-11-18(16)26-17-9-3-4-10-17/h2,5-8,11-13,15,17,21H,3-4,9-10,14H2,1H3,(H,23,24)/t15-,21+/m1/s1. The predicted octanol–water partition coefficient (Wildman–Crippen LogP) is 3.85. The first kappa shape index (κ1) is 17.7. The van der Waals surface area contributed by atoms with Gasteiger partial charge in [-0.25, -0.2) is 0 Å². The van der Waals surface area contributed by atoms with Gasteiger partial charge in [0.1, 0.15) is 11.9 Å². The minimum absolute atomic E-state index is 0.187. The first-order valence-electron chi connectivity index (χ1n) is 9.65. The summed E-state index contributed by atoms with van der Waals surface area (Å²) < 4.78 is 17.8. The molecule has 1 heterocycles. The number of amides is 1. The van der Waals surface area contributed by atoms with Crippen molar-refractivity contribution >= 4 is 5.91 Å². The number of para-hydroxylation sites is 3. The van der Waals surface area contributed by atoms with Gasteiger partial charge in [0.2, 0.25) is 6.10 Å². The maximum absolute atomic E-state index is 12.7. The van der Waals surface area contributed by atoms with E-state index in [-0.39, 0.29) is 18.1 Å². The fourth-order valence-corrected chi connectivity index (χ4v) is 3.64. The summed E-state index contributed by atoms with van der Waals surface area (Å²) in [7, 11) is 0. The molecular weight excluding hydrogens is 342 g/mol. The highest BCUT2D eigenvalue weighted by atomic mass is 16.6. The summed E-state index contributed by atoms with van der Waals surface area (Å²) in [6, 6.07) is 15.3. The van der Waals surface area contributed by atoms with Gasteiger partial charge in [0.05, 0.1) is 6.10 Å². The van der Waals surface area contributed by atoms with E-state index in [1.807, 2.05) is 55.5 Å². The van der Waals surface area contributed by atoms with Crippen molar-refractivity contribution in [2.75, 3.05) is 0 Å². The van der Waals surface area contributed by atoms with E-state index >= 15 is 0 Å². The number of benzene rings is 2. The summed E-state index contributed by atoms with van der Waals surface area (Å²) in [5.74, 6) is 1.93. The third kappa shape index (κ3) is 4.02. The van der Waals surface area contributed by atoms with Gasteiger partial charge in [0.15, 0.2) is 11.5 Å². The van der Waals surface area contributed by atoms with Gasteiger partial charge in [-0.1, -0.05) is 30.3 Å². The van der Waals surface area contributed by atoms with E-state index in [9.17, 15) is 4.79 Å². The second-order valence-electron chi connectivity index (χ2n) is 7.16. The Labute approximate surface area is 159 Å². The number of ether oxygens (including phenoxy) is 3. The molecule has 1 amide bonds. The highest BCUT2D eigenvalue weighted by Crippen LogP contribution is 2.33. The number of hydrogen-bond acceptors (Lipinski definition) is 4. The number of hydrogen-bond donors (Lipinski definition) is 1. The van der Waals surface area contributed by atoms with Gasteiger partial charge < -0.3 is 19.5 Å². The fourth-order valence-electron chi connectivity index (χ4n) is 3.64. The topological polar surface area (TPSA) is 56.8 Å². The van der Waals surface area contributed by atoms with Crippen LogP contribution in [-0.2, 0) is 11.3 Å². The molecule has 0 radical (unpaired) electrons. The molecule has 27 heavy (non-hydrogen) atoms. The molecule has 0 spiro atoms. The number of rotatable bonds is 5. The molecule has 0 unspecified atom stereocenters. The van der Waals surface area contributed by atoms with Gasteiger partial charge in [-0.15, -0.1) is 0 Å². The van der Waals surface area contributed by atoms with Crippen molar-refractivity contribution < 1.29 is 19.0 Å². The van der Waals surface area contributed by atoms with E-state index in [0.717, 1.165) is 24.2 Å². The molecule has 0 saturated heterocycles. The molecule has 1 N–H and O–H groups in total. The van der Waals surface area contributed by atoms with Crippen LogP contribution in [0.25, 0.3) is 0 Å². The van der Waals surface area contributed by atoms with Crippen molar-refractivity contribution in [1.29, 1.82) is 0 Å². The van der Waals surface area contributed by atoms with Crippen LogP contribution in [0.15, 0.2) is 48.5 Å². The van der Waals surface area contributed by atoms with Crippen molar-refractivity contribution in [3.63, 3.8) is 0 Å². The highest BCUT2D eigenvalue weighted by molar-refractivity contribution is 5.82. The van der Waals surface area contributed by atoms with Gasteiger partial charge in [-0.2, -0.15) is 0 Å². The monoisotopic (exact) mass is 367 g/mol. The first-order chi connectivity index (χ1) is 13.2. The van der Waals surface area contributed by atoms with E-state index < -0.39 is 6.10 Å². The number of carbonyl (C=O) groups is 1. The average molecular weight is 367 g/mol. The molecule has 5 nitrogen and oxygen atoms in total. The summed E-state index contributed by atoms with van der Waals surface area (Å²) in [5.41, 5.74) is 0.975. The van der Waals surface area contributed by atoms with Crippen LogP contribution >= 0.6 is 0 Å². The van der Waals surface area contributed by atoms with E-state index in [0.29, 0.717) is 18.0 Å². The van der Waals surface area contributed by atoms with Crippen molar-refractivity contribution in [2.45, 2.75) is 57.5 Å². The quantitative estimate of drug-likeness (QED) is 0.872. The lowest BCUT2D eigenvalue weighted by Crippen LogP contribution is -2.48. The SMILES string of the molecule is C[C@H]1Oc2ccccc2O[C@@H]1C(=O)NCc1ccccc1OC1CCCC1. The third-order valence-electron chi connectivity index (χ3n) is 5.12. The molecule has 1 saturated carbocycles. The maximum atomic E-state index is 12.7. The van der Waals surface area contributed by atoms with Gasteiger partial charge in [0.25, 0.3) is 5.91 Å². The lowest BCUT2D eigenvalue weighted by Gasteiger charge is -2.31. The first-order valence-corrected chi connectivity index (χ1v) is 9.65. The maximum Gasteiger partial charge on any atom is 0.265 e. The molecule has 1 aliphatic carbocycles. The zero-order chi connectivity index (χ0) is 18.6. The molecule has 1 aliphatic heterocycles. The van der Waals surface area contributed by atoms with E-state index in [2.05, 4.69) is 5.32 Å². The summed E-state index contributed by atoms with van der Waals surface area (Å²) >= 11 is 0. The lowest BCUT2D eigenvalue weighted by atomic mass is 10.1. The second kappa shape index (κ2) is 7.91. The van der Waals surface area contributed by atoms with Crippen LogP contribution < -0.4 is 19.5 Å². The predicted molar refractivity (Wildman–Crippen MR) is 102 cm³/mol. The summed E-state index contributed by atoms with van der Waals surface area (Å²) in [5, 5.41) is 2.97. The molecular formula is C22H25NO4. The molecule has 142 valence electrons. The van der Waals surface area contributed by atoms with E-state index in [4.69, 9.17) is 14.2 Å². The van der Waals surface area contributed by atoms with E-state index in [1.165, 1.54) is 12.8 Å². The average Bonchev–Trinajstić information content (AvgIpc) is 3.19. The number of fused-ring (bicyclic) bond motifs is 1. The Kier molecular flexibility index (Phi) is 5.19. The largest absolute Gasteiger partial charge is 0.490 e. The van der Waals surface area contributed by atoms with Crippen LogP contribution in [0.4, 0.5) is 0 Å². The van der Waals surface area contributed by atoms with Crippen LogP contribution in [0, 0.1) is 0 Å².